The average molecular weight is 253 g/mol. The number of ether oxygens (including phenoxy) is 2. The fourth-order valence-electron chi connectivity index (χ4n) is 2.37. The van der Waals surface area contributed by atoms with Gasteiger partial charge in [0.25, 0.3) is 0 Å². The summed E-state index contributed by atoms with van der Waals surface area (Å²) in [7, 11) is 1.68. The van der Waals surface area contributed by atoms with Crippen molar-refractivity contribution in [1.82, 2.24) is 0 Å². The third-order valence-corrected chi connectivity index (χ3v) is 3.44. The van der Waals surface area contributed by atoms with Crippen molar-refractivity contribution < 1.29 is 13.9 Å². The van der Waals surface area contributed by atoms with Gasteiger partial charge in [-0.2, -0.15) is 0 Å². The molecule has 3 atom stereocenters. The molecule has 100 valence electrons. The largest absolute Gasteiger partial charge is 0.379 e. The van der Waals surface area contributed by atoms with Crippen molar-refractivity contribution in [1.29, 1.82) is 0 Å². The Morgan fingerprint density at radius 1 is 1.44 bits per heavy atom. The Balaban J connectivity index is 2.00. The molecule has 0 aliphatic heterocycles. The number of rotatable bonds is 5. The number of nitrogens with one attached hydrogen (secondary N) is 1. The predicted octanol–water partition coefficient (Wildman–Crippen LogP) is 2.74. The minimum absolute atomic E-state index is 0.0348. The third kappa shape index (κ3) is 2.65. The number of benzene rings is 1. The lowest BCUT2D eigenvalue weighted by Gasteiger charge is -2.44. The number of halogens is 1. The highest BCUT2D eigenvalue weighted by Crippen LogP contribution is 2.30. The summed E-state index contributed by atoms with van der Waals surface area (Å²) in [6, 6.07) is 4.96. The molecule has 0 heterocycles. The summed E-state index contributed by atoms with van der Waals surface area (Å²) in [5.74, 6) is -0.224. The molecule has 2 rings (SSSR count). The topological polar surface area (TPSA) is 30.5 Å². The molecule has 0 spiro atoms. The van der Waals surface area contributed by atoms with E-state index >= 15 is 0 Å². The van der Waals surface area contributed by atoms with E-state index in [2.05, 4.69) is 5.32 Å². The molecule has 0 bridgehead atoms. The van der Waals surface area contributed by atoms with E-state index in [9.17, 15) is 4.39 Å². The van der Waals surface area contributed by atoms with E-state index in [0.717, 1.165) is 17.7 Å². The van der Waals surface area contributed by atoms with E-state index in [-0.39, 0.29) is 24.1 Å². The van der Waals surface area contributed by atoms with Crippen molar-refractivity contribution in [3.8, 4) is 0 Å². The van der Waals surface area contributed by atoms with E-state index in [0.29, 0.717) is 6.61 Å². The minimum Gasteiger partial charge on any atom is -0.379 e. The Morgan fingerprint density at radius 2 is 2.22 bits per heavy atom. The maximum atomic E-state index is 13.2. The minimum atomic E-state index is -0.224. The molecule has 0 saturated heterocycles. The van der Waals surface area contributed by atoms with E-state index < -0.39 is 0 Å². The molecule has 3 unspecified atom stereocenters. The first kappa shape index (κ1) is 13.3. The normalized spacial score (nSPS) is 26.8. The summed E-state index contributed by atoms with van der Waals surface area (Å²) < 4.78 is 24.2. The second-order valence-electron chi connectivity index (χ2n) is 4.64. The van der Waals surface area contributed by atoms with Crippen LogP contribution in [0.5, 0.6) is 0 Å². The zero-order valence-electron chi connectivity index (χ0n) is 11.1. The van der Waals surface area contributed by atoms with Gasteiger partial charge in [-0.3, -0.25) is 0 Å². The molecule has 4 heteroatoms. The molecule has 1 N–H and O–H groups in total. The van der Waals surface area contributed by atoms with Crippen molar-refractivity contribution in [3.05, 3.63) is 29.6 Å². The van der Waals surface area contributed by atoms with Crippen molar-refractivity contribution in [2.24, 2.45) is 0 Å². The predicted molar refractivity (Wildman–Crippen MR) is 69.4 cm³/mol. The zero-order valence-corrected chi connectivity index (χ0v) is 11.1. The standard InChI is InChI=1S/C14H20FNO2/c1-4-18-13-8-12(14(13)17-3)16-11-7-10(15)6-5-9(11)2/h5-7,12-14,16H,4,8H2,1-3H3. The van der Waals surface area contributed by atoms with E-state index in [1.165, 1.54) is 12.1 Å². The molecule has 1 aromatic carbocycles. The Labute approximate surface area is 107 Å². The highest BCUT2D eigenvalue weighted by molar-refractivity contribution is 5.52. The maximum Gasteiger partial charge on any atom is 0.125 e. The lowest BCUT2D eigenvalue weighted by molar-refractivity contribution is -0.118. The van der Waals surface area contributed by atoms with Crippen LogP contribution in [0.4, 0.5) is 10.1 Å². The van der Waals surface area contributed by atoms with Crippen LogP contribution in [0.25, 0.3) is 0 Å². The van der Waals surface area contributed by atoms with Crippen LogP contribution in [0, 0.1) is 12.7 Å². The fourth-order valence-corrected chi connectivity index (χ4v) is 2.37. The summed E-state index contributed by atoms with van der Waals surface area (Å²) in [4.78, 5) is 0. The Kier molecular flexibility index (Phi) is 4.19. The van der Waals surface area contributed by atoms with Gasteiger partial charge in [-0.05, 0) is 38.0 Å². The van der Waals surface area contributed by atoms with Gasteiger partial charge in [-0.25, -0.2) is 4.39 Å². The second-order valence-corrected chi connectivity index (χ2v) is 4.64. The molecule has 0 aromatic heterocycles. The summed E-state index contributed by atoms with van der Waals surface area (Å²) in [6.07, 6.45) is 1.07. The van der Waals surface area contributed by atoms with Crippen LogP contribution in [0.15, 0.2) is 18.2 Å². The van der Waals surface area contributed by atoms with Crippen LogP contribution in [0.2, 0.25) is 0 Å². The molecule has 1 aromatic rings. The van der Waals surface area contributed by atoms with Crippen molar-refractivity contribution in [2.45, 2.75) is 38.5 Å². The molecule has 1 aliphatic rings. The highest BCUT2D eigenvalue weighted by Gasteiger charge is 2.42. The van der Waals surface area contributed by atoms with Crippen LogP contribution in [0.3, 0.4) is 0 Å². The molecule has 3 nitrogen and oxygen atoms in total. The van der Waals surface area contributed by atoms with Gasteiger partial charge < -0.3 is 14.8 Å². The Morgan fingerprint density at radius 3 is 2.89 bits per heavy atom. The van der Waals surface area contributed by atoms with E-state index in [4.69, 9.17) is 9.47 Å². The Bertz CT molecular complexity index is 411. The summed E-state index contributed by atoms with van der Waals surface area (Å²) in [6.45, 7) is 4.63. The second kappa shape index (κ2) is 5.67. The smallest absolute Gasteiger partial charge is 0.125 e. The Hall–Kier alpha value is -1.13. The van der Waals surface area contributed by atoms with Crippen LogP contribution < -0.4 is 5.32 Å². The van der Waals surface area contributed by atoms with Crippen molar-refractivity contribution >= 4 is 5.69 Å². The molecular formula is C14H20FNO2. The van der Waals surface area contributed by atoms with E-state index in [1.54, 1.807) is 13.2 Å². The zero-order chi connectivity index (χ0) is 13.1. The number of hydrogen-bond acceptors (Lipinski definition) is 3. The summed E-state index contributed by atoms with van der Waals surface area (Å²) >= 11 is 0. The monoisotopic (exact) mass is 253 g/mol. The molecule has 1 saturated carbocycles. The molecule has 18 heavy (non-hydrogen) atoms. The molecule has 0 radical (unpaired) electrons. The first-order valence-corrected chi connectivity index (χ1v) is 6.32. The number of methoxy groups -OCH3 is 1. The van der Waals surface area contributed by atoms with Gasteiger partial charge in [0.1, 0.15) is 11.9 Å². The quantitative estimate of drug-likeness (QED) is 0.875. The van der Waals surface area contributed by atoms with Gasteiger partial charge in [0.05, 0.1) is 12.1 Å². The van der Waals surface area contributed by atoms with Crippen molar-refractivity contribution in [2.75, 3.05) is 19.0 Å². The lowest BCUT2D eigenvalue weighted by atomic mass is 9.85. The number of anilines is 1. The van der Waals surface area contributed by atoms with Gasteiger partial charge in [-0.1, -0.05) is 6.07 Å². The van der Waals surface area contributed by atoms with Gasteiger partial charge in [-0.15, -0.1) is 0 Å². The van der Waals surface area contributed by atoms with E-state index in [1.807, 2.05) is 13.8 Å². The first-order valence-electron chi connectivity index (χ1n) is 6.32. The first-order chi connectivity index (χ1) is 8.65. The van der Waals surface area contributed by atoms with Gasteiger partial charge in [0, 0.05) is 19.4 Å². The van der Waals surface area contributed by atoms with Crippen LogP contribution in [0.1, 0.15) is 18.9 Å². The number of aryl methyl sites for hydroxylation is 1. The maximum absolute atomic E-state index is 13.2. The van der Waals surface area contributed by atoms with Crippen molar-refractivity contribution in [3.63, 3.8) is 0 Å². The lowest BCUT2D eigenvalue weighted by Crippen LogP contribution is -2.56. The molecule has 1 fully saturated rings. The van der Waals surface area contributed by atoms with Gasteiger partial charge in [0.15, 0.2) is 0 Å². The van der Waals surface area contributed by atoms with Crippen LogP contribution in [-0.4, -0.2) is 32.0 Å². The van der Waals surface area contributed by atoms with Crippen LogP contribution in [-0.2, 0) is 9.47 Å². The average Bonchev–Trinajstić information content (AvgIpc) is 2.32. The fraction of sp³-hybridized carbons (Fsp3) is 0.571. The molecule has 1 aliphatic carbocycles. The van der Waals surface area contributed by atoms with Crippen LogP contribution >= 0.6 is 0 Å². The molecule has 0 amide bonds. The van der Waals surface area contributed by atoms with Gasteiger partial charge in [0.2, 0.25) is 0 Å². The summed E-state index contributed by atoms with van der Waals surface area (Å²) in [5, 5.41) is 3.33. The number of hydrogen-bond donors (Lipinski definition) is 1. The third-order valence-electron chi connectivity index (χ3n) is 3.44. The highest BCUT2D eigenvalue weighted by atomic mass is 19.1. The SMILES string of the molecule is CCOC1CC(Nc2cc(F)ccc2C)C1OC. The van der Waals surface area contributed by atoms with Gasteiger partial charge >= 0.3 is 0 Å². The summed E-state index contributed by atoms with van der Waals surface area (Å²) in [5.41, 5.74) is 1.86. The molecular weight excluding hydrogens is 233 g/mol.